The molecule has 2 rings (SSSR count). The molecule has 102 valence electrons. The minimum Gasteiger partial charge on any atom is -0.311 e. The SMILES string of the molecule is Cc1nn(C)c(CC2(CC(C)C)CCCN2)c1Br. The Morgan fingerprint density at radius 2 is 2.22 bits per heavy atom. The molecule has 0 amide bonds. The zero-order chi connectivity index (χ0) is 13.3. The highest BCUT2D eigenvalue weighted by Gasteiger charge is 2.35. The third-order valence-electron chi connectivity index (χ3n) is 3.90. The van der Waals surface area contributed by atoms with Gasteiger partial charge in [-0.1, -0.05) is 13.8 Å². The van der Waals surface area contributed by atoms with E-state index in [0.29, 0.717) is 0 Å². The molecule has 0 radical (unpaired) electrons. The van der Waals surface area contributed by atoms with Crippen molar-refractivity contribution in [2.24, 2.45) is 13.0 Å². The maximum atomic E-state index is 4.50. The smallest absolute Gasteiger partial charge is 0.0738 e. The lowest BCUT2D eigenvalue weighted by atomic mass is 9.83. The summed E-state index contributed by atoms with van der Waals surface area (Å²) in [6.07, 6.45) is 4.88. The average molecular weight is 314 g/mol. The van der Waals surface area contributed by atoms with Crippen LogP contribution in [0.15, 0.2) is 4.47 Å². The van der Waals surface area contributed by atoms with Gasteiger partial charge >= 0.3 is 0 Å². The third kappa shape index (κ3) is 2.80. The summed E-state index contributed by atoms with van der Waals surface area (Å²) in [7, 11) is 2.05. The van der Waals surface area contributed by atoms with E-state index >= 15 is 0 Å². The Kier molecular flexibility index (Phi) is 4.17. The normalized spacial score (nSPS) is 24.1. The number of aromatic nitrogens is 2. The Bertz CT molecular complexity index is 417. The molecule has 1 aliphatic rings. The quantitative estimate of drug-likeness (QED) is 0.925. The van der Waals surface area contributed by atoms with Crippen molar-refractivity contribution < 1.29 is 0 Å². The zero-order valence-corrected chi connectivity index (χ0v) is 13.5. The predicted molar refractivity (Wildman–Crippen MR) is 78.8 cm³/mol. The van der Waals surface area contributed by atoms with Crippen molar-refractivity contribution in [2.45, 2.75) is 52.0 Å². The third-order valence-corrected chi connectivity index (χ3v) is 4.93. The Balaban J connectivity index is 2.23. The number of nitrogens with zero attached hydrogens (tertiary/aromatic N) is 2. The second-order valence-electron chi connectivity index (χ2n) is 6.06. The number of hydrogen-bond acceptors (Lipinski definition) is 2. The van der Waals surface area contributed by atoms with Crippen LogP contribution >= 0.6 is 15.9 Å². The summed E-state index contributed by atoms with van der Waals surface area (Å²) in [6.45, 7) is 7.84. The van der Waals surface area contributed by atoms with Gasteiger partial charge in [0.25, 0.3) is 0 Å². The molecule has 1 aromatic rings. The van der Waals surface area contributed by atoms with Crippen molar-refractivity contribution in [2.75, 3.05) is 6.54 Å². The number of rotatable bonds is 4. The molecule has 18 heavy (non-hydrogen) atoms. The minimum atomic E-state index is 0.275. The van der Waals surface area contributed by atoms with Crippen LogP contribution in [0.4, 0.5) is 0 Å². The number of aryl methyl sites for hydroxylation is 2. The monoisotopic (exact) mass is 313 g/mol. The molecule has 0 aliphatic carbocycles. The van der Waals surface area contributed by atoms with Crippen LogP contribution in [0, 0.1) is 12.8 Å². The van der Waals surface area contributed by atoms with Gasteiger partial charge in [-0.15, -0.1) is 0 Å². The van der Waals surface area contributed by atoms with Crippen molar-refractivity contribution in [1.82, 2.24) is 15.1 Å². The molecule has 1 aliphatic heterocycles. The fourth-order valence-electron chi connectivity index (χ4n) is 3.24. The first kappa shape index (κ1) is 14.1. The maximum absolute atomic E-state index is 4.50. The predicted octanol–water partition coefficient (Wildman–Crippen LogP) is 3.20. The van der Waals surface area contributed by atoms with Gasteiger partial charge in [-0.05, 0) is 54.6 Å². The molecule has 3 nitrogen and oxygen atoms in total. The van der Waals surface area contributed by atoms with Gasteiger partial charge in [0.2, 0.25) is 0 Å². The van der Waals surface area contributed by atoms with Crippen LogP contribution in [-0.4, -0.2) is 21.9 Å². The van der Waals surface area contributed by atoms with Crippen LogP contribution in [0.5, 0.6) is 0 Å². The standard InChI is InChI=1S/C14H24BrN3/c1-10(2)8-14(6-5-7-16-14)9-12-13(15)11(3)17-18(12)4/h10,16H,5-9H2,1-4H3. The molecule has 1 aromatic heterocycles. The van der Waals surface area contributed by atoms with E-state index in [9.17, 15) is 0 Å². The zero-order valence-electron chi connectivity index (χ0n) is 11.9. The summed E-state index contributed by atoms with van der Waals surface area (Å²) >= 11 is 3.69. The van der Waals surface area contributed by atoms with E-state index in [0.717, 1.165) is 24.6 Å². The van der Waals surface area contributed by atoms with Gasteiger partial charge in [0.1, 0.15) is 0 Å². The summed E-state index contributed by atoms with van der Waals surface area (Å²) in [6, 6.07) is 0. The van der Waals surface area contributed by atoms with Crippen LogP contribution in [0.25, 0.3) is 0 Å². The van der Waals surface area contributed by atoms with Crippen molar-refractivity contribution in [1.29, 1.82) is 0 Å². The average Bonchev–Trinajstić information content (AvgIpc) is 2.80. The largest absolute Gasteiger partial charge is 0.311 e. The molecule has 1 saturated heterocycles. The molecule has 0 spiro atoms. The van der Waals surface area contributed by atoms with Crippen LogP contribution in [0.3, 0.4) is 0 Å². The summed E-state index contributed by atoms with van der Waals surface area (Å²) in [5.41, 5.74) is 2.68. The Hall–Kier alpha value is -0.350. The van der Waals surface area contributed by atoms with Gasteiger partial charge in [0, 0.05) is 19.0 Å². The molecule has 4 heteroatoms. The van der Waals surface area contributed by atoms with E-state index < -0.39 is 0 Å². The fourth-order valence-corrected chi connectivity index (χ4v) is 3.72. The lowest BCUT2D eigenvalue weighted by Gasteiger charge is -2.31. The van der Waals surface area contributed by atoms with Crippen molar-refractivity contribution >= 4 is 15.9 Å². The van der Waals surface area contributed by atoms with Crippen molar-refractivity contribution in [3.63, 3.8) is 0 Å². The van der Waals surface area contributed by atoms with E-state index in [2.05, 4.69) is 47.1 Å². The lowest BCUT2D eigenvalue weighted by molar-refractivity contribution is 0.295. The fraction of sp³-hybridized carbons (Fsp3) is 0.786. The molecule has 0 saturated carbocycles. The van der Waals surface area contributed by atoms with Crippen LogP contribution in [0.2, 0.25) is 0 Å². The molecule has 1 N–H and O–H groups in total. The van der Waals surface area contributed by atoms with E-state index in [1.807, 2.05) is 11.7 Å². The molecule has 1 unspecified atom stereocenters. The molecular formula is C14H24BrN3. The van der Waals surface area contributed by atoms with Gasteiger partial charge in [0.15, 0.2) is 0 Å². The molecule has 1 atom stereocenters. The second-order valence-corrected chi connectivity index (χ2v) is 6.85. The first-order valence-electron chi connectivity index (χ1n) is 6.86. The maximum Gasteiger partial charge on any atom is 0.0738 e. The first-order valence-corrected chi connectivity index (χ1v) is 7.66. The summed E-state index contributed by atoms with van der Waals surface area (Å²) in [5, 5.41) is 8.26. The minimum absolute atomic E-state index is 0.275. The topological polar surface area (TPSA) is 29.9 Å². The van der Waals surface area contributed by atoms with E-state index in [4.69, 9.17) is 0 Å². The van der Waals surface area contributed by atoms with Gasteiger partial charge in [0.05, 0.1) is 15.9 Å². The Labute approximate surface area is 118 Å². The van der Waals surface area contributed by atoms with Crippen LogP contribution in [0.1, 0.15) is 44.5 Å². The second kappa shape index (κ2) is 5.33. The van der Waals surface area contributed by atoms with Crippen molar-refractivity contribution in [3.8, 4) is 0 Å². The highest BCUT2D eigenvalue weighted by atomic mass is 79.9. The molecular weight excluding hydrogens is 290 g/mol. The summed E-state index contributed by atoms with van der Waals surface area (Å²) < 4.78 is 3.21. The van der Waals surface area contributed by atoms with Crippen LogP contribution < -0.4 is 5.32 Å². The Morgan fingerprint density at radius 3 is 2.67 bits per heavy atom. The van der Waals surface area contributed by atoms with Gasteiger partial charge < -0.3 is 5.32 Å². The lowest BCUT2D eigenvalue weighted by Crippen LogP contribution is -2.43. The first-order chi connectivity index (χ1) is 8.43. The van der Waals surface area contributed by atoms with Gasteiger partial charge in [-0.2, -0.15) is 5.10 Å². The highest BCUT2D eigenvalue weighted by Crippen LogP contribution is 2.33. The van der Waals surface area contributed by atoms with E-state index in [1.54, 1.807) is 0 Å². The Morgan fingerprint density at radius 1 is 1.50 bits per heavy atom. The number of hydrogen-bond donors (Lipinski definition) is 1. The molecule has 0 bridgehead atoms. The molecule has 2 heterocycles. The summed E-state index contributed by atoms with van der Waals surface area (Å²) in [5.74, 6) is 0.726. The molecule has 0 aromatic carbocycles. The van der Waals surface area contributed by atoms with E-state index in [-0.39, 0.29) is 5.54 Å². The molecule has 1 fully saturated rings. The summed E-state index contributed by atoms with van der Waals surface area (Å²) in [4.78, 5) is 0. The number of halogens is 1. The van der Waals surface area contributed by atoms with E-state index in [1.165, 1.54) is 29.4 Å². The van der Waals surface area contributed by atoms with Crippen molar-refractivity contribution in [3.05, 3.63) is 15.9 Å². The van der Waals surface area contributed by atoms with Gasteiger partial charge in [-0.3, -0.25) is 4.68 Å². The van der Waals surface area contributed by atoms with Crippen LogP contribution in [-0.2, 0) is 13.5 Å². The highest BCUT2D eigenvalue weighted by molar-refractivity contribution is 9.10. The number of nitrogens with one attached hydrogen (secondary N) is 1. The van der Waals surface area contributed by atoms with Gasteiger partial charge in [-0.25, -0.2) is 0 Å².